The number of nitrogens with zero attached hydrogens (tertiary/aromatic N) is 2. The smallest absolute Gasteiger partial charge is 0.261 e. The Kier molecular flexibility index (Phi) is 3.65. The Bertz CT molecular complexity index is 1070. The van der Waals surface area contributed by atoms with Crippen molar-refractivity contribution >= 4 is 5.91 Å². The van der Waals surface area contributed by atoms with Crippen LogP contribution in [-0.4, -0.2) is 44.6 Å². The Morgan fingerprint density at radius 1 is 1.11 bits per heavy atom. The van der Waals surface area contributed by atoms with E-state index >= 15 is 0 Å². The molecule has 1 amide bonds. The highest BCUT2D eigenvalue weighted by atomic mass is 16.7. The molecule has 0 saturated carbocycles. The number of amides is 1. The van der Waals surface area contributed by atoms with Crippen LogP contribution in [0.2, 0.25) is 0 Å². The van der Waals surface area contributed by atoms with Gasteiger partial charge in [0.05, 0.1) is 5.69 Å². The van der Waals surface area contributed by atoms with Crippen LogP contribution in [0.1, 0.15) is 21.6 Å². The number of carbonyl (C=O) groups excluding carboxylic acids is 1. The largest absolute Gasteiger partial charge is 0.507 e. The monoisotopic (exact) mass is 379 g/mol. The van der Waals surface area contributed by atoms with Crippen LogP contribution in [0.5, 0.6) is 23.0 Å². The summed E-state index contributed by atoms with van der Waals surface area (Å²) in [4.78, 5) is 14.5. The van der Waals surface area contributed by atoms with Crippen molar-refractivity contribution in [3.05, 3.63) is 53.2 Å². The number of nitrogens with one attached hydrogen (secondary N) is 1. The predicted molar refractivity (Wildman–Crippen MR) is 98.4 cm³/mol. The van der Waals surface area contributed by atoms with Crippen molar-refractivity contribution in [2.24, 2.45) is 0 Å². The Morgan fingerprint density at radius 3 is 2.71 bits per heavy atom. The summed E-state index contributed by atoms with van der Waals surface area (Å²) >= 11 is 0. The molecule has 0 fully saturated rings. The molecule has 5 rings (SSSR count). The normalized spacial score (nSPS) is 14.8. The van der Waals surface area contributed by atoms with Crippen molar-refractivity contribution in [2.75, 3.05) is 13.3 Å². The van der Waals surface area contributed by atoms with Crippen LogP contribution in [0, 0.1) is 0 Å². The van der Waals surface area contributed by atoms with Gasteiger partial charge in [-0.25, -0.2) is 0 Å². The fraction of sp³-hybridized carbons (Fsp3) is 0.200. The minimum absolute atomic E-state index is 0.0842. The minimum Gasteiger partial charge on any atom is -0.507 e. The number of H-pyrrole nitrogens is 1. The number of benzene rings is 2. The number of carbonyl (C=O) groups is 1. The first kappa shape index (κ1) is 16.5. The molecule has 2 aliphatic heterocycles. The first-order chi connectivity index (χ1) is 13.6. The molecule has 3 N–H and O–H groups in total. The van der Waals surface area contributed by atoms with Gasteiger partial charge in [-0.15, -0.1) is 0 Å². The first-order valence-electron chi connectivity index (χ1n) is 8.88. The summed E-state index contributed by atoms with van der Waals surface area (Å²) in [6.07, 6.45) is 0.604. The molecule has 3 heterocycles. The molecule has 0 unspecified atom stereocenters. The second-order valence-corrected chi connectivity index (χ2v) is 6.75. The average molecular weight is 379 g/mol. The molecule has 2 aromatic carbocycles. The highest BCUT2D eigenvalue weighted by molar-refractivity contribution is 5.99. The topological polar surface area (TPSA) is 108 Å². The number of rotatable bonds is 2. The van der Waals surface area contributed by atoms with Crippen molar-refractivity contribution in [3.63, 3.8) is 0 Å². The Labute approximate surface area is 159 Å². The van der Waals surface area contributed by atoms with Gasteiger partial charge in [0.15, 0.2) is 11.5 Å². The summed E-state index contributed by atoms with van der Waals surface area (Å²) in [5.41, 5.74) is 3.40. The lowest BCUT2D eigenvalue weighted by atomic mass is 10.00. The zero-order valence-corrected chi connectivity index (χ0v) is 14.8. The Balaban J connectivity index is 1.48. The molecule has 142 valence electrons. The van der Waals surface area contributed by atoms with Crippen LogP contribution in [0.3, 0.4) is 0 Å². The van der Waals surface area contributed by atoms with Crippen LogP contribution in [0.25, 0.3) is 11.3 Å². The average Bonchev–Trinajstić information content (AvgIpc) is 3.33. The fourth-order valence-electron chi connectivity index (χ4n) is 3.66. The third kappa shape index (κ3) is 2.53. The maximum absolute atomic E-state index is 12.9. The van der Waals surface area contributed by atoms with Crippen molar-refractivity contribution < 1.29 is 24.5 Å². The molecule has 0 radical (unpaired) electrons. The van der Waals surface area contributed by atoms with E-state index in [-0.39, 0.29) is 23.9 Å². The summed E-state index contributed by atoms with van der Waals surface area (Å²) in [5, 5.41) is 27.5. The van der Waals surface area contributed by atoms with E-state index in [1.807, 2.05) is 18.2 Å². The van der Waals surface area contributed by atoms with E-state index in [0.717, 1.165) is 22.5 Å². The number of phenolic OH excluding ortho intramolecular Hbond substituents is 2. The molecule has 2 aliphatic rings. The molecule has 28 heavy (non-hydrogen) atoms. The number of ether oxygens (including phenoxy) is 2. The molecule has 0 atom stereocenters. The van der Waals surface area contributed by atoms with Crippen LogP contribution < -0.4 is 9.47 Å². The first-order valence-corrected chi connectivity index (χ1v) is 8.88. The maximum Gasteiger partial charge on any atom is 0.261 e. The molecular weight excluding hydrogens is 362 g/mol. The lowest BCUT2D eigenvalue weighted by Gasteiger charge is -2.27. The third-order valence-corrected chi connectivity index (χ3v) is 5.10. The van der Waals surface area contributed by atoms with Crippen molar-refractivity contribution in [2.45, 2.75) is 13.0 Å². The number of aromatic amines is 1. The number of hydrogen-bond acceptors (Lipinski definition) is 6. The second kappa shape index (κ2) is 6.19. The van der Waals surface area contributed by atoms with E-state index in [4.69, 9.17) is 9.47 Å². The van der Waals surface area contributed by atoms with Crippen LogP contribution >= 0.6 is 0 Å². The SMILES string of the molecule is O=C(c1c(O)cccc1O)N1CCc2[nH]nc(-c3ccc4c(c3)OCO4)c2C1. The molecule has 0 spiro atoms. The van der Waals surface area contributed by atoms with E-state index in [9.17, 15) is 15.0 Å². The van der Waals surface area contributed by atoms with Gasteiger partial charge < -0.3 is 24.6 Å². The lowest BCUT2D eigenvalue weighted by molar-refractivity contribution is 0.0728. The van der Waals surface area contributed by atoms with Crippen LogP contribution in [-0.2, 0) is 13.0 Å². The van der Waals surface area contributed by atoms with Crippen molar-refractivity contribution in [1.82, 2.24) is 15.1 Å². The summed E-state index contributed by atoms with van der Waals surface area (Å²) in [7, 11) is 0. The van der Waals surface area contributed by atoms with Gasteiger partial charge in [0, 0.05) is 36.3 Å². The van der Waals surface area contributed by atoms with E-state index in [0.29, 0.717) is 31.0 Å². The second-order valence-electron chi connectivity index (χ2n) is 6.75. The van der Waals surface area contributed by atoms with Gasteiger partial charge in [0.25, 0.3) is 5.91 Å². The Hall–Kier alpha value is -3.68. The highest BCUT2D eigenvalue weighted by Crippen LogP contribution is 2.38. The molecule has 0 saturated heterocycles. The Morgan fingerprint density at radius 2 is 1.89 bits per heavy atom. The van der Waals surface area contributed by atoms with E-state index in [2.05, 4.69) is 10.2 Å². The zero-order valence-electron chi connectivity index (χ0n) is 14.8. The van der Waals surface area contributed by atoms with E-state index in [1.54, 1.807) is 4.90 Å². The number of fused-ring (bicyclic) bond motifs is 2. The van der Waals surface area contributed by atoms with Gasteiger partial charge in [-0.05, 0) is 30.3 Å². The summed E-state index contributed by atoms with van der Waals surface area (Å²) in [6.45, 7) is 0.981. The molecular formula is C20H17N3O5. The standard InChI is InChI=1S/C20H17N3O5/c24-14-2-1-3-15(25)18(14)20(26)23-7-6-13-12(9-23)19(22-21-13)11-4-5-16-17(8-11)28-10-27-16/h1-5,8,24-25H,6-7,9-10H2,(H,21,22). The quantitative estimate of drug-likeness (QED) is 0.631. The highest BCUT2D eigenvalue weighted by Gasteiger charge is 2.29. The van der Waals surface area contributed by atoms with Crippen LogP contribution in [0.15, 0.2) is 36.4 Å². The molecule has 0 bridgehead atoms. The summed E-state index contributed by atoms with van der Waals surface area (Å²) in [6, 6.07) is 9.87. The van der Waals surface area contributed by atoms with Crippen molar-refractivity contribution in [1.29, 1.82) is 0 Å². The molecule has 8 nitrogen and oxygen atoms in total. The van der Waals surface area contributed by atoms with Gasteiger partial charge in [0.1, 0.15) is 17.1 Å². The number of hydrogen-bond donors (Lipinski definition) is 3. The lowest BCUT2D eigenvalue weighted by Crippen LogP contribution is -2.36. The van der Waals surface area contributed by atoms with Gasteiger partial charge in [-0.1, -0.05) is 6.07 Å². The molecule has 1 aromatic heterocycles. The predicted octanol–water partition coefficient (Wildman–Crippen LogP) is 2.42. The fourth-order valence-corrected chi connectivity index (χ4v) is 3.66. The minimum atomic E-state index is -0.418. The zero-order chi connectivity index (χ0) is 19.3. The molecule has 8 heteroatoms. The van der Waals surface area contributed by atoms with Gasteiger partial charge in [0.2, 0.25) is 6.79 Å². The van der Waals surface area contributed by atoms with Crippen LogP contribution in [0.4, 0.5) is 0 Å². The van der Waals surface area contributed by atoms with Gasteiger partial charge in [-0.3, -0.25) is 9.89 Å². The number of aromatic hydroxyl groups is 2. The number of phenols is 2. The molecule has 3 aromatic rings. The van der Waals surface area contributed by atoms with Gasteiger partial charge in [-0.2, -0.15) is 5.10 Å². The van der Waals surface area contributed by atoms with Gasteiger partial charge >= 0.3 is 0 Å². The third-order valence-electron chi connectivity index (χ3n) is 5.10. The van der Waals surface area contributed by atoms with E-state index in [1.165, 1.54) is 18.2 Å². The summed E-state index contributed by atoms with van der Waals surface area (Å²) < 4.78 is 10.8. The van der Waals surface area contributed by atoms with Crippen molar-refractivity contribution in [3.8, 4) is 34.3 Å². The summed E-state index contributed by atoms with van der Waals surface area (Å²) in [5.74, 6) is 0.467. The number of aromatic nitrogens is 2. The molecule has 0 aliphatic carbocycles. The maximum atomic E-state index is 12.9. The van der Waals surface area contributed by atoms with E-state index < -0.39 is 5.91 Å².